The number of esters is 1. The molecule has 0 bridgehead atoms. The Labute approximate surface area is 283 Å². The number of benzene rings is 4. The normalized spacial score (nSPS) is 14.5. The van der Waals surface area contributed by atoms with Crippen LogP contribution in [-0.2, 0) is 16.1 Å². The van der Waals surface area contributed by atoms with Crippen molar-refractivity contribution in [1.29, 1.82) is 0 Å². The average molecular weight is 673 g/mol. The molecule has 3 heterocycles. The van der Waals surface area contributed by atoms with Crippen molar-refractivity contribution in [2.75, 3.05) is 6.61 Å². The second kappa shape index (κ2) is 12.9. The van der Waals surface area contributed by atoms with Crippen molar-refractivity contribution >= 4 is 45.7 Å². The number of fused-ring (bicyclic) bond motifs is 2. The molecule has 244 valence electrons. The van der Waals surface area contributed by atoms with E-state index in [1.54, 1.807) is 31.2 Å². The second-order valence-electron chi connectivity index (χ2n) is 11.5. The van der Waals surface area contributed by atoms with Crippen LogP contribution in [0.2, 0.25) is 0 Å². The molecule has 2 aromatic heterocycles. The summed E-state index contributed by atoms with van der Waals surface area (Å²) in [5.41, 5.74) is 5.04. The summed E-state index contributed by atoms with van der Waals surface area (Å²) < 4.78 is 23.7. The van der Waals surface area contributed by atoms with Crippen molar-refractivity contribution in [2.24, 2.45) is 4.99 Å². The molecule has 0 saturated heterocycles. The number of thiazole rings is 1. The van der Waals surface area contributed by atoms with Crippen LogP contribution in [0.25, 0.3) is 22.7 Å². The van der Waals surface area contributed by atoms with Gasteiger partial charge in [0.05, 0.1) is 33.4 Å². The average Bonchev–Trinajstić information content (AvgIpc) is 3.57. The number of nitro groups is 1. The maximum absolute atomic E-state index is 14.4. The molecule has 0 spiro atoms. The lowest BCUT2D eigenvalue weighted by atomic mass is 9.93. The number of hydrogen-bond donors (Lipinski definition) is 0. The van der Waals surface area contributed by atoms with E-state index >= 15 is 0 Å². The first-order valence-electron chi connectivity index (χ1n) is 15.6. The van der Waals surface area contributed by atoms with Crippen molar-refractivity contribution in [3.05, 3.63) is 172 Å². The predicted octanol–water partition coefficient (Wildman–Crippen LogP) is 6.29. The van der Waals surface area contributed by atoms with Crippen LogP contribution < -0.4 is 14.9 Å². The number of hydrogen-bond acceptors (Lipinski definition) is 7. The third-order valence-corrected chi connectivity index (χ3v) is 9.59. The van der Waals surface area contributed by atoms with E-state index in [0.29, 0.717) is 32.7 Å². The Morgan fingerprint density at radius 3 is 2.39 bits per heavy atom. The monoisotopic (exact) mass is 672 g/mol. The molecule has 0 radical (unpaired) electrons. The number of carbonyl (C=O) groups is 1. The van der Waals surface area contributed by atoms with Crippen molar-refractivity contribution < 1.29 is 18.8 Å². The highest BCUT2D eigenvalue weighted by Crippen LogP contribution is 2.35. The van der Waals surface area contributed by atoms with Crippen molar-refractivity contribution in [1.82, 2.24) is 9.13 Å². The molecule has 0 saturated carbocycles. The maximum Gasteiger partial charge on any atom is 0.338 e. The molecule has 6 aromatic rings. The van der Waals surface area contributed by atoms with Gasteiger partial charge in [-0.15, -0.1) is 0 Å². The van der Waals surface area contributed by atoms with Crippen LogP contribution in [-0.4, -0.2) is 26.6 Å². The summed E-state index contributed by atoms with van der Waals surface area (Å²) >= 11 is 1.21. The van der Waals surface area contributed by atoms with Crippen molar-refractivity contribution in [3.8, 4) is 0 Å². The van der Waals surface area contributed by atoms with Crippen LogP contribution in [0.3, 0.4) is 0 Å². The maximum atomic E-state index is 14.4. The summed E-state index contributed by atoms with van der Waals surface area (Å²) in [5, 5.41) is 12.1. The molecule has 11 heteroatoms. The summed E-state index contributed by atoms with van der Waals surface area (Å²) in [5.74, 6) is -1.06. The van der Waals surface area contributed by atoms with Gasteiger partial charge >= 0.3 is 5.97 Å². The standard InChI is InChI=1S/C38H29FN4O5S/c1-3-48-37(45)33-34(25-9-5-4-6-10-25)40-38-42(35(33)26-15-17-27(39)18-16-26)36(44)32(49-38)21-30-23(2)41(31-12-8-7-11-29(30)31)22-24-13-19-28(20-14-24)43(46)47/h4-21,35H,3,22H2,1-2H3/b32-21-/t35-/m0/s1. The number of nitro benzene ring substituents is 1. The molecule has 9 nitrogen and oxygen atoms in total. The highest BCUT2D eigenvalue weighted by Gasteiger charge is 2.35. The molecule has 0 aliphatic carbocycles. The third-order valence-electron chi connectivity index (χ3n) is 8.60. The van der Waals surface area contributed by atoms with E-state index in [1.807, 2.05) is 67.6 Å². The van der Waals surface area contributed by atoms with Crippen LogP contribution in [0.1, 0.15) is 40.9 Å². The Hall–Kier alpha value is -5.94. The van der Waals surface area contributed by atoms with Crippen LogP contribution in [0, 0.1) is 22.9 Å². The summed E-state index contributed by atoms with van der Waals surface area (Å²) in [4.78, 5) is 44.2. The quantitative estimate of drug-likeness (QED) is 0.107. The van der Waals surface area contributed by atoms with Crippen LogP contribution >= 0.6 is 11.3 Å². The number of rotatable bonds is 8. The molecule has 4 aromatic carbocycles. The summed E-state index contributed by atoms with van der Waals surface area (Å²) in [7, 11) is 0. The minimum absolute atomic E-state index is 0.0226. The van der Waals surface area contributed by atoms with E-state index in [4.69, 9.17) is 9.73 Å². The number of aromatic nitrogens is 2. The van der Waals surface area contributed by atoms with Gasteiger partial charge in [-0.05, 0) is 49.2 Å². The van der Waals surface area contributed by atoms with Gasteiger partial charge in [-0.1, -0.05) is 84.1 Å². The van der Waals surface area contributed by atoms with E-state index in [9.17, 15) is 24.1 Å². The van der Waals surface area contributed by atoms with Gasteiger partial charge in [-0.3, -0.25) is 19.5 Å². The van der Waals surface area contributed by atoms with Crippen molar-refractivity contribution in [3.63, 3.8) is 0 Å². The van der Waals surface area contributed by atoms with Crippen LogP contribution in [0.4, 0.5) is 10.1 Å². The zero-order chi connectivity index (χ0) is 34.2. The largest absolute Gasteiger partial charge is 0.463 e. The van der Waals surface area contributed by atoms with E-state index in [0.717, 1.165) is 27.7 Å². The van der Waals surface area contributed by atoms with E-state index < -0.39 is 22.8 Å². The van der Waals surface area contributed by atoms with Gasteiger partial charge in [0.2, 0.25) is 0 Å². The Morgan fingerprint density at radius 1 is 1.00 bits per heavy atom. The van der Waals surface area contributed by atoms with Gasteiger partial charge in [0.1, 0.15) is 5.82 Å². The Balaban J connectivity index is 1.44. The van der Waals surface area contributed by atoms with Gasteiger partial charge in [0.25, 0.3) is 11.2 Å². The molecular weight excluding hydrogens is 644 g/mol. The molecule has 7 rings (SSSR count). The number of ether oxygens (including phenoxy) is 1. The van der Waals surface area contributed by atoms with Crippen LogP contribution in [0.5, 0.6) is 0 Å². The number of halogens is 1. The minimum atomic E-state index is -0.919. The highest BCUT2D eigenvalue weighted by atomic mass is 32.1. The van der Waals surface area contributed by atoms with Gasteiger partial charge < -0.3 is 9.30 Å². The SMILES string of the molecule is CCOC(=O)C1=C(c2ccccc2)N=c2s/c(=C\c3c(C)n(Cc4ccc([N+](=O)[O-])cc4)c4ccccc34)c(=O)n2[C@H]1c1ccc(F)cc1. The first kappa shape index (κ1) is 31.6. The van der Waals surface area contributed by atoms with Gasteiger partial charge in [0, 0.05) is 46.4 Å². The summed E-state index contributed by atoms with van der Waals surface area (Å²) in [6.45, 7) is 4.27. The Kier molecular flexibility index (Phi) is 8.35. The van der Waals surface area contributed by atoms with E-state index in [2.05, 4.69) is 4.57 Å². The molecule has 1 atom stereocenters. The summed E-state index contributed by atoms with van der Waals surface area (Å²) in [6, 6.07) is 28.4. The zero-order valence-electron chi connectivity index (χ0n) is 26.5. The minimum Gasteiger partial charge on any atom is -0.463 e. The first-order chi connectivity index (χ1) is 23.7. The van der Waals surface area contributed by atoms with E-state index in [1.165, 1.54) is 40.2 Å². The number of nitrogens with zero attached hydrogens (tertiary/aromatic N) is 4. The molecule has 0 N–H and O–H groups in total. The molecule has 1 aliphatic rings. The fourth-order valence-corrected chi connectivity index (χ4v) is 7.26. The predicted molar refractivity (Wildman–Crippen MR) is 186 cm³/mol. The Morgan fingerprint density at radius 2 is 1.69 bits per heavy atom. The lowest BCUT2D eigenvalue weighted by Crippen LogP contribution is -2.40. The van der Waals surface area contributed by atoms with E-state index in [-0.39, 0.29) is 23.4 Å². The smallest absolute Gasteiger partial charge is 0.338 e. The molecular formula is C38H29FN4O5S. The Bertz CT molecular complexity index is 2460. The van der Waals surface area contributed by atoms with Gasteiger partial charge in [-0.2, -0.15) is 0 Å². The number of carbonyl (C=O) groups excluding carboxylic acids is 1. The van der Waals surface area contributed by atoms with Gasteiger partial charge in [-0.25, -0.2) is 14.2 Å². The molecule has 49 heavy (non-hydrogen) atoms. The second-order valence-corrected chi connectivity index (χ2v) is 12.5. The first-order valence-corrected chi connectivity index (χ1v) is 16.4. The lowest BCUT2D eigenvalue weighted by molar-refractivity contribution is -0.384. The van der Waals surface area contributed by atoms with Crippen molar-refractivity contribution in [2.45, 2.75) is 26.4 Å². The lowest BCUT2D eigenvalue weighted by Gasteiger charge is -2.25. The van der Waals surface area contributed by atoms with Crippen LogP contribution in [0.15, 0.2) is 118 Å². The fraction of sp³-hybridized carbons (Fsp3) is 0.132. The zero-order valence-corrected chi connectivity index (χ0v) is 27.3. The molecule has 0 unspecified atom stereocenters. The molecule has 0 fully saturated rings. The topological polar surface area (TPSA) is 109 Å². The van der Waals surface area contributed by atoms with Gasteiger partial charge in [0.15, 0.2) is 4.80 Å². The highest BCUT2D eigenvalue weighted by molar-refractivity contribution is 7.07. The summed E-state index contributed by atoms with van der Waals surface area (Å²) in [6.07, 6.45) is 1.85. The number of para-hydroxylation sites is 1. The third kappa shape index (κ3) is 5.78. The number of non-ortho nitro benzene ring substituents is 1. The molecule has 0 amide bonds. The fourth-order valence-electron chi connectivity index (χ4n) is 6.28. The molecule has 1 aliphatic heterocycles.